The van der Waals surface area contributed by atoms with Crippen molar-refractivity contribution in [2.75, 3.05) is 5.73 Å². The molecule has 0 atom stereocenters. The Bertz CT molecular complexity index is 505. The molecule has 2 nitrogen and oxygen atoms in total. The maximum absolute atomic E-state index is 12.4. The van der Waals surface area contributed by atoms with Crippen molar-refractivity contribution < 1.29 is 13.2 Å². The van der Waals surface area contributed by atoms with Gasteiger partial charge in [0.25, 0.3) is 0 Å². The predicted octanol–water partition coefficient (Wildman–Crippen LogP) is 3.41. The van der Waals surface area contributed by atoms with Gasteiger partial charge >= 0.3 is 6.18 Å². The Morgan fingerprint density at radius 2 is 2.00 bits per heavy atom. The van der Waals surface area contributed by atoms with Gasteiger partial charge in [0.05, 0.1) is 11.3 Å². The molecule has 0 amide bonds. The molecule has 84 valence electrons. The average molecular weight is 244 g/mol. The SMILES string of the molecule is Nc1nc(-c2cccc(C(F)(F)F)c2)cs1. The first-order valence-electron chi connectivity index (χ1n) is 4.35. The van der Waals surface area contributed by atoms with E-state index in [1.165, 1.54) is 17.4 Å². The van der Waals surface area contributed by atoms with Crippen LogP contribution < -0.4 is 5.73 Å². The van der Waals surface area contributed by atoms with E-state index < -0.39 is 11.7 Å². The molecule has 0 aliphatic carbocycles. The summed E-state index contributed by atoms with van der Waals surface area (Å²) < 4.78 is 37.3. The third kappa shape index (κ3) is 2.16. The summed E-state index contributed by atoms with van der Waals surface area (Å²) in [4.78, 5) is 3.93. The van der Waals surface area contributed by atoms with Crippen LogP contribution in [0.4, 0.5) is 18.3 Å². The molecule has 2 rings (SSSR count). The van der Waals surface area contributed by atoms with Crippen LogP contribution in [0.15, 0.2) is 29.6 Å². The number of hydrogen-bond donors (Lipinski definition) is 1. The Labute approximate surface area is 93.5 Å². The third-order valence-corrected chi connectivity index (χ3v) is 2.68. The van der Waals surface area contributed by atoms with Gasteiger partial charge in [0, 0.05) is 10.9 Å². The molecule has 6 heteroatoms. The van der Waals surface area contributed by atoms with Crippen LogP contribution in [-0.2, 0) is 6.18 Å². The zero-order valence-electron chi connectivity index (χ0n) is 7.95. The zero-order valence-corrected chi connectivity index (χ0v) is 8.77. The Morgan fingerprint density at radius 1 is 1.25 bits per heavy atom. The number of hydrogen-bond acceptors (Lipinski definition) is 3. The standard InChI is InChI=1S/C10H7F3N2S/c11-10(12,13)7-3-1-2-6(4-7)8-5-16-9(14)15-8/h1-5H,(H2,14,15). The molecule has 2 N–H and O–H groups in total. The summed E-state index contributed by atoms with van der Waals surface area (Å²) in [5.74, 6) is 0. The second-order valence-electron chi connectivity index (χ2n) is 3.15. The summed E-state index contributed by atoms with van der Waals surface area (Å²) in [6.07, 6.45) is -4.34. The molecule has 0 bridgehead atoms. The fraction of sp³-hybridized carbons (Fsp3) is 0.100. The number of nitrogen functional groups attached to an aromatic ring is 1. The minimum absolute atomic E-state index is 0.340. The molecule has 0 radical (unpaired) electrons. The van der Waals surface area contributed by atoms with Crippen LogP contribution in [-0.4, -0.2) is 4.98 Å². The van der Waals surface area contributed by atoms with Gasteiger partial charge in [0.1, 0.15) is 0 Å². The van der Waals surface area contributed by atoms with Crippen LogP contribution in [0.3, 0.4) is 0 Å². The first-order valence-corrected chi connectivity index (χ1v) is 5.23. The maximum atomic E-state index is 12.4. The third-order valence-electron chi connectivity index (χ3n) is 2.01. The van der Waals surface area contributed by atoms with E-state index >= 15 is 0 Å². The second kappa shape index (κ2) is 3.79. The second-order valence-corrected chi connectivity index (χ2v) is 4.04. The van der Waals surface area contributed by atoms with E-state index in [0.717, 1.165) is 12.1 Å². The summed E-state index contributed by atoms with van der Waals surface area (Å²) in [7, 11) is 0. The van der Waals surface area contributed by atoms with Crippen molar-refractivity contribution >= 4 is 16.5 Å². The Morgan fingerprint density at radius 3 is 2.56 bits per heavy atom. The van der Waals surface area contributed by atoms with Crippen molar-refractivity contribution in [3.05, 3.63) is 35.2 Å². The van der Waals surface area contributed by atoms with Crippen molar-refractivity contribution in [2.24, 2.45) is 0 Å². The molecule has 0 aliphatic rings. The summed E-state index contributed by atoms with van der Waals surface area (Å²) in [6.45, 7) is 0. The molecule has 0 fully saturated rings. The fourth-order valence-corrected chi connectivity index (χ4v) is 1.85. The number of benzene rings is 1. The number of rotatable bonds is 1. The van der Waals surface area contributed by atoms with Gasteiger partial charge in [-0.1, -0.05) is 12.1 Å². The number of halogens is 3. The number of alkyl halides is 3. The van der Waals surface area contributed by atoms with Gasteiger partial charge in [0.2, 0.25) is 0 Å². The zero-order chi connectivity index (χ0) is 11.8. The van der Waals surface area contributed by atoms with Crippen LogP contribution >= 0.6 is 11.3 Å². The highest BCUT2D eigenvalue weighted by molar-refractivity contribution is 7.13. The monoisotopic (exact) mass is 244 g/mol. The van der Waals surface area contributed by atoms with Crippen molar-refractivity contribution in [1.29, 1.82) is 0 Å². The number of nitrogens with two attached hydrogens (primary N) is 1. The number of aromatic nitrogens is 1. The fourth-order valence-electron chi connectivity index (χ4n) is 1.28. The molecule has 0 spiro atoms. The van der Waals surface area contributed by atoms with Crippen LogP contribution in [0, 0.1) is 0 Å². The number of thiazole rings is 1. The smallest absolute Gasteiger partial charge is 0.375 e. The minimum atomic E-state index is -4.34. The molecule has 1 aromatic heterocycles. The first-order chi connectivity index (χ1) is 7.47. The molecule has 0 saturated heterocycles. The molecule has 0 aliphatic heterocycles. The van der Waals surface area contributed by atoms with Crippen molar-refractivity contribution in [2.45, 2.75) is 6.18 Å². The number of anilines is 1. The highest BCUT2D eigenvalue weighted by Crippen LogP contribution is 2.32. The Hall–Kier alpha value is -1.56. The highest BCUT2D eigenvalue weighted by atomic mass is 32.1. The van der Waals surface area contributed by atoms with E-state index in [2.05, 4.69) is 4.98 Å². The molecule has 1 aromatic carbocycles. The normalized spacial score (nSPS) is 11.7. The largest absolute Gasteiger partial charge is 0.416 e. The van der Waals surface area contributed by atoms with Gasteiger partial charge in [-0.3, -0.25) is 0 Å². The summed E-state index contributed by atoms with van der Waals surface area (Å²) >= 11 is 1.20. The van der Waals surface area contributed by atoms with Crippen LogP contribution in [0.2, 0.25) is 0 Å². The lowest BCUT2D eigenvalue weighted by molar-refractivity contribution is -0.137. The van der Waals surface area contributed by atoms with Crippen LogP contribution in [0.25, 0.3) is 11.3 Å². The minimum Gasteiger partial charge on any atom is -0.375 e. The Kier molecular flexibility index (Phi) is 2.59. The molecule has 0 unspecified atom stereocenters. The molecule has 1 heterocycles. The van der Waals surface area contributed by atoms with E-state index in [4.69, 9.17) is 5.73 Å². The average Bonchev–Trinajstić information content (AvgIpc) is 2.64. The predicted molar refractivity (Wildman–Crippen MR) is 57.0 cm³/mol. The quantitative estimate of drug-likeness (QED) is 0.834. The van der Waals surface area contributed by atoms with Gasteiger partial charge in [-0.2, -0.15) is 13.2 Å². The van der Waals surface area contributed by atoms with E-state index in [1.54, 1.807) is 11.4 Å². The topological polar surface area (TPSA) is 38.9 Å². The van der Waals surface area contributed by atoms with Gasteiger partial charge in [0.15, 0.2) is 5.13 Å². The molecular formula is C10H7F3N2S. The van der Waals surface area contributed by atoms with Crippen LogP contribution in [0.5, 0.6) is 0 Å². The first kappa shape index (κ1) is 10.9. The van der Waals surface area contributed by atoms with Gasteiger partial charge in [-0.15, -0.1) is 11.3 Å². The van der Waals surface area contributed by atoms with E-state index in [9.17, 15) is 13.2 Å². The van der Waals surface area contributed by atoms with Gasteiger partial charge in [-0.25, -0.2) is 4.98 Å². The highest BCUT2D eigenvalue weighted by Gasteiger charge is 2.30. The van der Waals surface area contributed by atoms with Crippen LogP contribution in [0.1, 0.15) is 5.56 Å². The van der Waals surface area contributed by atoms with E-state index in [-0.39, 0.29) is 0 Å². The van der Waals surface area contributed by atoms with Crippen molar-refractivity contribution in [3.8, 4) is 11.3 Å². The van der Waals surface area contributed by atoms with Crippen molar-refractivity contribution in [1.82, 2.24) is 4.98 Å². The molecule has 2 aromatic rings. The Balaban J connectivity index is 2.44. The summed E-state index contributed by atoms with van der Waals surface area (Å²) in [5, 5.41) is 1.97. The van der Waals surface area contributed by atoms with E-state index in [0.29, 0.717) is 16.4 Å². The van der Waals surface area contributed by atoms with Crippen molar-refractivity contribution in [3.63, 3.8) is 0 Å². The maximum Gasteiger partial charge on any atom is 0.416 e. The lowest BCUT2D eigenvalue weighted by Crippen LogP contribution is -2.04. The lowest BCUT2D eigenvalue weighted by atomic mass is 10.1. The molecule has 16 heavy (non-hydrogen) atoms. The van der Waals surface area contributed by atoms with Gasteiger partial charge in [-0.05, 0) is 12.1 Å². The van der Waals surface area contributed by atoms with Gasteiger partial charge < -0.3 is 5.73 Å². The lowest BCUT2D eigenvalue weighted by Gasteiger charge is -2.07. The molecule has 0 saturated carbocycles. The molecular weight excluding hydrogens is 237 g/mol. The number of nitrogens with zero attached hydrogens (tertiary/aromatic N) is 1. The summed E-state index contributed by atoms with van der Waals surface area (Å²) in [5.41, 5.74) is 5.63. The van der Waals surface area contributed by atoms with E-state index in [1.807, 2.05) is 0 Å². The summed E-state index contributed by atoms with van der Waals surface area (Å²) in [6, 6.07) is 5.02.